The lowest BCUT2D eigenvalue weighted by atomic mass is 9.70. The average Bonchev–Trinajstić information content (AvgIpc) is 2.80. The highest BCUT2D eigenvalue weighted by Gasteiger charge is 2.45. The Morgan fingerprint density at radius 2 is 1.94 bits per heavy atom. The van der Waals surface area contributed by atoms with Crippen molar-refractivity contribution in [2.45, 2.75) is 39.2 Å². The predicted molar refractivity (Wildman–Crippen MR) is 134 cm³/mol. The number of benzene rings is 2. The number of rotatable bonds is 6. The van der Waals surface area contributed by atoms with Crippen molar-refractivity contribution in [1.82, 2.24) is 0 Å². The largest absolute Gasteiger partial charge is 0.496 e. The Balaban J connectivity index is 1.79. The van der Waals surface area contributed by atoms with Gasteiger partial charge in [0.2, 0.25) is 5.88 Å². The first-order valence-electron chi connectivity index (χ1n) is 11.2. The summed E-state index contributed by atoms with van der Waals surface area (Å²) in [6, 6.07) is 13.0. The number of ether oxygens (including phenoxy) is 4. The smallest absolute Gasteiger partial charge is 0.340 e. The van der Waals surface area contributed by atoms with Gasteiger partial charge in [0, 0.05) is 28.5 Å². The molecule has 1 aliphatic carbocycles. The van der Waals surface area contributed by atoms with Gasteiger partial charge >= 0.3 is 5.97 Å². The van der Waals surface area contributed by atoms with Gasteiger partial charge in [0.15, 0.2) is 5.78 Å². The van der Waals surface area contributed by atoms with Crippen molar-refractivity contribution in [3.8, 4) is 11.5 Å². The van der Waals surface area contributed by atoms with Gasteiger partial charge in [-0.1, -0.05) is 41.9 Å². The first-order valence-corrected chi connectivity index (χ1v) is 12.0. The third kappa shape index (κ3) is 5.07. The lowest BCUT2D eigenvalue weighted by Crippen LogP contribution is -2.35. The molecule has 0 fully saturated rings. The molecule has 184 valence electrons. The van der Waals surface area contributed by atoms with Crippen LogP contribution >= 0.6 is 15.9 Å². The molecular formula is C27H28BrNO6. The standard InChI is InChI=1S/C27H28BrNO6/c1-27(2)12-19(30)23-21(13-27)35-25(29)24(26(31)33-4)22(23)15-8-9-20(32-3)16(10-15)14-34-18-7-5-6-17(28)11-18/h5-11,22H,12-14,29H2,1-4H3/t22-/m0/s1. The number of Topliss-reactive ketones (excluding diaryl/α,β-unsaturated/α-hetero) is 1. The molecule has 0 bridgehead atoms. The number of allylic oxidation sites excluding steroid dienone is 2. The summed E-state index contributed by atoms with van der Waals surface area (Å²) in [5, 5.41) is 0. The van der Waals surface area contributed by atoms with E-state index < -0.39 is 11.9 Å². The van der Waals surface area contributed by atoms with E-state index in [0.29, 0.717) is 41.2 Å². The van der Waals surface area contributed by atoms with Crippen LogP contribution in [0.25, 0.3) is 0 Å². The Hall–Kier alpha value is -3.26. The Labute approximate surface area is 213 Å². The number of ketones is 1. The average molecular weight is 542 g/mol. The SMILES string of the molecule is COC(=O)C1=C(N)OC2=C(C(=O)CC(C)(C)C2)[C@@H]1c1ccc(OC)c(COc2cccc(Br)c2)c1. The molecule has 2 N–H and O–H groups in total. The highest BCUT2D eigenvalue weighted by molar-refractivity contribution is 9.10. The van der Waals surface area contributed by atoms with Crippen molar-refractivity contribution in [3.63, 3.8) is 0 Å². The maximum atomic E-state index is 13.3. The number of methoxy groups -OCH3 is 2. The second kappa shape index (κ2) is 9.77. The van der Waals surface area contributed by atoms with Crippen molar-refractivity contribution >= 4 is 27.7 Å². The Bertz CT molecular complexity index is 1250. The summed E-state index contributed by atoms with van der Waals surface area (Å²) in [5.41, 5.74) is 7.97. The molecule has 0 aromatic heterocycles. The number of carbonyl (C=O) groups is 2. The van der Waals surface area contributed by atoms with E-state index in [2.05, 4.69) is 15.9 Å². The van der Waals surface area contributed by atoms with Gasteiger partial charge in [0.1, 0.15) is 29.4 Å². The summed E-state index contributed by atoms with van der Waals surface area (Å²) < 4.78 is 23.3. The van der Waals surface area contributed by atoms with Crippen molar-refractivity contribution in [1.29, 1.82) is 0 Å². The second-order valence-electron chi connectivity index (χ2n) is 9.40. The number of hydrogen-bond donors (Lipinski definition) is 1. The lowest BCUT2D eigenvalue weighted by Gasteiger charge is -2.38. The minimum atomic E-state index is -0.717. The number of esters is 1. The third-order valence-corrected chi connectivity index (χ3v) is 6.68. The molecule has 8 heteroatoms. The summed E-state index contributed by atoms with van der Waals surface area (Å²) in [7, 11) is 2.86. The van der Waals surface area contributed by atoms with Gasteiger partial charge in [-0.3, -0.25) is 4.79 Å². The summed E-state index contributed by atoms with van der Waals surface area (Å²) in [6.07, 6.45) is 0.879. The van der Waals surface area contributed by atoms with Gasteiger partial charge < -0.3 is 24.7 Å². The molecule has 1 aliphatic heterocycles. The van der Waals surface area contributed by atoms with E-state index in [-0.39, 0.29) is 29.3 Å². The molecule has 4 rings (SSSR count). The molecule has 0 saturated heterocycles. The molecule has 35 heavy (non-hydrogen) atoms. The van der Waals surface area contributed by atoms with Crippen molar-refractivity contribution in [3.05, 3.63) is 80.9 Å². The molecule has 0 spiro atoms. The van der Waals surface area contributed by atoms with E-state index in [1.165, 1.54) is 7.11 Å². The topological polar surface area (TPSA) is 97.1 Å². The minimum Gasteiger partial charge on any atom is -0.496 e. The number of hydrogen-bond acceptors (Lipinski definition) is 7. The summed E-state index contributed by atoms with van der Waals surface area (Å²) in [6.45, 7) is 4.23. The van der Waals surface area contributed by atoms with Gasteiger partial charge in [-0.15, -0.1) is 0 Å². The first-order chi connectivity index (χ1) is 16.6. The highest BCUT2D eigenvalue weighted by Crippen LogP contribution is 2.48. The van der Waals surface area contributed by atoms with Crippen molar-refractivity contribution in [2.24, 2.45) is 11.1 Å². The van der Waals surface area contributed by atoms with Crippen LogP contribution in [0.3, 0.4) is 0 Å². The molecule has 1 heterocycles. The van der Waals surface area contributed by atoms with Crippen LogP contribution in [-0.2, 0) is 25.7 Å². The van der Waals surface area contributed by atoms with Crippen LogP contribution in [0.5, 0.6) is 11.5 Å². The van der Waals surface area contributed by atoms with E-state index in [4.69, 9.17) is 24.7 Å². The van der Waals surface area contributed by atoms with E-state index in [1.54, 1.807) is 13.2 Å². The van der Waals surface area contributed by atoms with Crippen molar-refractivity contribution in [2.75, 3.05) is 14.2 Å². The molecule has 0 saturated carbocycles. The van der Waals surface area contributed by atoms with Gasteiger partial charge in [-0.05, 0) is 41.3 Å². The molecule has 7 nitrogen and oxygen atoms in total. The first kappa shape index (κ1) is 24.9. The minimum absolute atomic E-state index is 0.0474. The molecule has 2 aromatic carbocycles. The Morgan fingerprint density at radius 3 is 2.63 bits per heavy atom. The van der Waals surface area contributed by atoms with Crippen LogP contribution < -0.4 is 15.2 Å². The monoisotopic (exact) mass is 541 g/mol. The van der Waals surface area contributed by atoms with Gasteiger partial charge in [-0.2, -0.15) is 0 Å². The third-order valence-electron chi connectivity index (χ3n) is 6.19. The zero-order chi connectivity index (χ0) is 25.3. The molecule has 1 atom stereocenters. The van der Waals surface area contributed by atoms with E-state index in [1.807, 2.05) is 50.2 Å². The lowest BCUT2D eigenvalue weighted by molar-refractivity contribution is -0.136. The number of halogens is 1. The molecule has 2 aromatic rings. The maximum Gasteiger partial charge on any atom is 0.340 e. The second-order valence-corrected chi connectivity index (χ2v) is 10.3. The quantitative estimate of drug-likeness (QED) is 0.505. The fraction of sp³-hybridized carbons (Fsp3) is 0.333. The summed E-state index contributed by atoms with van der Waals surface area (Å²) in [4.78, 5) is 26.1. The molecule has 2 aliphatic rings. The fourth-order valence-corrected chi connectivity index (χ4v) is 5.01. The van der Waals surface area contributed by atoms with Gasteiger partial charge in [0.05, 0.1) is 20.1 Å². The fourth-order valence-electron chi connectivity index (χ4n) is 4.64. The van der Waals surface area contributed by atoms with E-state index >= 15 is 0 Å². The predicted octanol–water partition coefficient (Wildman–Crippen LogP) is 5.14. The van der Waals surface area contributed by atoms with Crippen molar-refractivity contribution < 1.29 is 28.5 Å². The van der Waals surface area contributed by atoms with Gasteiger partial charge in [-0.25, -0.2) is 4.79 Å². The Kier molecular flexibility index (Phi) is 6.94. The van der Waals surface area contributed by atoms with Crippen LogP contribution in [0.1, 0.15) is 43.7 Å². The zero-order valence-corrected chi connectivity index (χ0v) is 21.7. The van der Waals surface area contributed by atoms with Crippen LogP contribution in [-0.4, -0.2) is 26.0 Å². The van der Waals surface area contributed by atoms with Crippen LogP contribution in [0.15, 0.2) is 69.7 Å². The van der Waals surface area contributed by atoms with Crippen LogP contribution in [0, 0.1) is 5.41 Å². The zero-order valence-electron chi connectivity index (χ0n) is 20.1. The Morgan fingerprint density at radius 1 is 1.17 bits per heavy atom. The molecule has 0 amide bonds. The highest BCUT2D eigenvalue weighted by atomic mass is 79.9. The van der Waals surface area contributed by atoms with Crippen LogP contribution in [0.4, 0.5) is 0 Å². The van der Waals surface area contributed by atoms with E-state index in [0.717, 1.165) is 10.0 Å². The number of nitrogens with two attached hydrogens (primary N) is 1. The maximum absolute atomic E-state index is 13.3. The van der Waals surface area contributed by atoms with Gasteiger partial charge in [0.25, 0.3) is 0 Å². The number of carbonyl (C=O) groups excluding carboxylic acids is 2. The molecule has 0 radical (unpaired) electrons. The van der Waals surface area contributed by atoms with Crippen LogP contribution in [0.2, 0.25) is 0 Å². The molecule has 0 unspecified atom stereocenters. The van der Waals surface area contributed by atoms with E-state index in [9.17, 15) is 9.59 Å². The normalized spacial score (nSPS) is 19.1. The molecular weight excluding hydrogens is 514 g/mol. The summed E-state index contributed by atoms with van der Waals surface area (Å²) in [5.74, 6) is 0.338. The summed E-state index contributed by atoms with van der Waals surface area (Å²) >= 11 is 3.44.